The normalized spacial score (nSPS) is 16.0. The van der Waals surface area contributed by atoms with Crippen molar-refractivity contribution in [2.75, 3.05) is 13.7 Å². The van der Waals surface area contributed by atoms with Crippen molar-refractivity contribution in [3.8, 4) is 5.75 Å². The molecule has 1 aliphatic heterocycles. The van der Waals surface area contributed by atoms with Crippen LogP contribution in [0.3, 0.4) is 0 Å². The first-order chi connectivity index (χ1) is 19.7. The minimum Gasteiger partial charge on any atom is -0.497 e. The molecule has 0 radical (unpaired) electrons. The van der Waals surface area contributed by atoms with Crippen molar-refractivity contribution in [2.45, 2.75) is 10.8 Å². The third kappa shape index (κ3) is 6.59. The summed E-state index contributed by atoms with van der Waals surface area (Å²) in [6.45, 7) is 0.270. The maximum absolute atomic E-state index is 13.4. The summed E-state index contributed by atoms with van der Waals surface area (Å²) in [6, 6.07) is 29.8. The van der Waals surface area contributed by atoms with E-state index in [-0.39, 0.29) is 29.2 Å². The Morgan fingerprint density at radius 1 is 0.927 bits per heavy atom. The molecule has 11 heteroatoms. The van der Waals surface area contributed by atoms with Gasteiger partial charge in [-0.1, -0.05) is 77.8 Å². The van der Waals surface area contributed by atoms with Crippen LogP contribution in [0.15, 0.2) is 123 Å². The fourth-order valence-electron chi connectivity index (χ4n) is 4.30. The smallest absolute Gasteiger partial charge is 0.285 e. The van der Waals surface area contributed by atoms with Gasteiger partial charge in [-0.25, -0.2) is 5.01 Å². The number of nitrogens with two attached hydrogens (primary N) is 1. The highest BCUT2D eigenvalue weighted by molar-refractivity contribution is 7.90. The Kier molecular flexibility index (Phi) is 8.39. The van der Waals surface area contributed by atoms with Crippen molar-refractivity contribution in [1.82, 2.24) is 5.01 Å². The molecule has 1 heterocycles. The van der Waals surface area contributed by atoms with Gasteiger partial charge in [0, 0.05) is 21.5 Å². The van der Waals surface area contributed by atoms with E-state index in [4.69, 9.17) is 38.8 Å². The van der Waals surface area contributed by atoms with E-state index in [1.807, 2.05) is 42.5 Å². The second-order valence-corrected chi connectivity index (χ2v) is 11.6. The number of ether oxygens (including phenoxy) is 1. The van der Waals surface area contributed by atoms with Crippen molar-refractivity contribution in [3.05, 3.63) is 130 Å². The molecular weight excluding hydrogens is 581 g/mol. The molecule has 0 aromatic heterocycles. The molecule has 0 fully saturated rings. The minimum absolute atomic E-state index is 0.0420. The highest BCUT2D eigenvalue weighted by Crippen LogP contribution is 2.30. The van der Waals surface area contributed by atoms with Crippen LogP contribution >= 0.6 is 23.2 Å². The van der Waals surface area contributed by atoms with Crippen LogP contribution in [0.2, 0.25) is 10.0 Å². The molecule has 208 valence electrons. The first-order valence-electron chi connectivity index (χ1n) is 12.5. The molecule has 0 bridgehead atoms. The maximum Gasteiger partial charge on any atom is 0.285 e. The fraction of sp³-hybridized carbons (Fsp3) is 0.100. The lowest BCUT2D eigenvalue weighted by Gasteiger charge is -2.16. The zero-order valence-electron chi connectivity index (χ0n) is 21.9. The van der Waals surface area contributed by atoms with E-state index in [9.17, 15) is 8.42 Å². The first-order valence-corrected chi connectivity index (χ1v) is 14.7. The van der Waals surface area contributed by atoms with Gasteiger partial charge in [-0.3, -0.25) is 0 Å². The molecule has 4 aromatic carbocycles. The zero-order valence-corrected chi connectivity index (χ0v) is 24.2. The number of hydrogen-bond donors (Lipinski definition) is 1. The third-order valence-electron chi connectivity index (χ3n) is 6.39. The van der Waals surface area contributed by atoms with Gasteiger partial charge in [0.15, 0.2) is 0 Å². The summed E-state index contributed by atoms with van der Waals surface area (Å²) in [4.78, 5) is 4.44. The van der Waals surface area contributed by atoms with Crippen LogP contribution in [0.1, 0.15) is 22.6 Å². The molecule has 4 aromatic rings. The lowest BCUT2D eigenvalue weighted by molar-refractivity contribution is 0.414. The van der Waals surface area contributed by atoms with Crippen molar-refractivity contribution in [3.63, 3.8) is 0 Å². The predicted molar refractivity (Wildman–Crippen MR) is 164 cm³/mol. The number of benzene rings is 4. The number of hydrazone groups is 1. The average molecular weight is 607 g/mol. The van der Waals surface area contributed by atoms with Gasteiger partial charge in [-0.2, -0.15) is 18.5 Å². The number of halogens is 2. The molecular formula is C30H25Cl2N5O3S. The quantitative estimate of drug-likeness (QED) is 0.215. The number of methoxy groups -OCH3 is 1. The van der Waals surface area contributed by atoms with Gasteiger partial charge in [-0.15, -0.1) is 4.40 Å². The van der Waals surface area contributed by atoms with Crippen LogP contribution in [0.4, 0.5) is 0 Å². The summed E-state index contributed by atoms with van der Waals surface area (Å²) >= 11 is 12.1. The largest absolute Gasteiger partial charge is 0.497 e. The zero-order chi connectivity index (χ0) is 29.0. The van der Waals surface area contributed by atoms with E-state index in [1.54, 1.807) is 43.5 Å². The number of rotatable bonds is 6. The molecule has 1 atom stereocenters. The van der Waals surface area contributed by atoms with Gasteiger partial charge in [0.05, 0.1) is 24.3 Å². The van der Waals surface area contributed by atoms with Crippen LogP contribution in [0, 0.1) is 0 Å². The molecule has 0 saturated heterocycles. The monoisotopic (exact) mass is 605 g/mol. The lowest BCUT2D eigenvalue weighted by atomic mass is 9.91. The summed E-state index contributed by atoms with van der Waals surface area (Å²) in [6.07, 6.45) is 0. The van der Waals surface area contributed by atoms with Crippen molar-refractivity contribution in [1.29, 1.82) is 0 Å². The first kappa shape index (κ1) is 28.4. The van der Waals surface area contributed by atoms with Crippen molar-refractivity contribution in [2.24, 2.45) is 20.2 Å². The van der Waals surface area contributed by atoms with E-state index in [2.05, 4.69) is 9.39 Å². The van der Waals surface area contributed by atoms with Crippen LogP contribution in [-0.2, 0) is 10.0 Å². The Labute approximate surface area is 248 Å². The molecule has 1 aliphatic rings. The van der Waals surface area contributed by atoms with Gasteiger partial charge in [-0.05, 0) is 59.7 Å². The molecule has 0 aliphatic carbocycles. The Morgan fingerprint density at radius 2 is 1.59 bits per heavy atom. The van der Waals surface area contributed by atoms with E-state index in [0.29, 0.717) is 27.1 Å². The molecule has 5 rings (SSSR count). The maximum atomic E-state index is 13.4. The average Bonchev–Trinajstić information content (AvgIpc) is 3.43. The molecule has 1 unspecified atom stereocenters. The second kappa shape index (κ2) is 12.1. The molecule has 41 heavy (non-hydrogen) atoms. The Bertz CT molecular complexity index is 1740. The number of amidine groups is 1. The predicted octanol–water partition coefficient (Wildman–Crippen LogP) is 5.96. The lowest BCUT2D eigenvalue weighted by Crippen LogP contribution is -2.28. The summed E-state index contributed by atoms with van der Waals surface area (Å²) in [7, 11) is -2.67. The van der Waals surface area contributed by atoms with Gasteiger partial charge in [0.2, 0.25) is 0 Å². The van der Waals surface area contributed by atoms with Gasteiger partial charge in [0.25, 0.3) is 16.0 Å². The van der Waals surface area contributed by atoms with Gasteiger partial charge in [0.1, 0.15) is 11.6 Å². The fourth-order valence-corrected chi connectivity index (χ4v) is 5.49. The SMILES string of the molecule is COc1cccc(C(N)=NC(=NS(=O)(=O)c2ccc(Cl)cc2)N2CC(c3ccccc3)C(c3ccc(Cl)cc3)=N2)c1. The van der Waals surface area contributed by atoms with E-state index < -0.39 is 10.0 Å². The standard InChI is InChI=1S/C30H25Cl2N5O3S/c1-40-25-9-5-8-22(18-25)29(33)34-30(36-41(38,39)26-16-14-24(32)15-17-26)37-19-27(20-6-3-2-4-7-20)28(35-37)21-10-12-23(31)13-11-21/h2-18,27H,19H2,1H3,(H2,33,34,36). The minimum atomic E-state index is -4.21. The highest BCUT2D eigenvalue weighted by atomic mass is 35.5. The van der Waals surface area contributed by atoms with E-state index in [0.717, 1.165) is 11.1 Å². The highest BCUT2D eigenvalue weighted by Gasteiger charge is 2.32. The van der Waals surface area contributed by atoms with Crippen LogP contribution < -0.4 is 10.5 Å². The number of hydrogen-bond acceptors (Lipinski definition) is 4. The Hall–Kier alpha value is -4.18. The number of nitrogens with zero attached hydrogens (tertiary/aromatic N) is 4. The van der Waals surface area contributed by atoms with E-state index in [1.165, 1.54) is 29.3 Å². The third-order valence-corrected chi connectivity index (χ3v) is 8.16. The summed E-state index contributed by atoms with van der Waals surface area (Å²) in [5.74, 6) is 0.209. The van der Waals surface area contributed by atoms with Gasteiger partial charge < -0.3 is 10.5 Å². The molecule has 0 spiro atoms. The Morgan fingerprint density at radius 3 is 2.24 bits per heavy atom. The summed E-state index contributed by atoms with van der Waals surface area (Å²) in [5, 5.41) is 7.27. The molecule has 8 nitrogen and oxygen atoms in total. The molecule has 2 N–H and O–H groups in total. The Balaban J connectivity index is 1.64. The summed E-state index contributed by atoms with van der Waals surface area (Å²) in [5.41, 5.74) is 9.44. The summed E-state index contributed by atoms with van der Waals surface area (Å²) < 4.78 is 36.3. The topological polar surface area (TPSA) is 110 Å². The van der Waals surface area contributed by atoms with E-state index >= 15 is 0 Å². The molecule has 0 saturated carbocycles. The van der Waals surface area contributed by atoms with Crippen LogP contribution in [-0.4, -0.2) is 44.6 Å². The van der Waals surface area contributed by atoms with Crippen molar-refractivity contribution < 1.29 is 13.2 Å². The second-order valence-electron chi connectivity index (χ2n) is 9.09. The number of sulfonamides is 1. The number of aliphatic imine (C=N–C) groups is 1. The molecule has 0 amide bonds. The van der Waals surface area contributed by atoms with Crippen molar-refractivity contribution >= 4 is 50.7 Å². The van der Waals surface area contributed by atoms with Crippen LogP contribution in [0.25, 0.3) is 0 Å². The van der Waals surface area contributed by atoms with Crippen LogP contribution in [0.5, 0.6) is 5.75 Å². The van der Waals surface area contributed by atoms with Gasteiger partial charge >= 0.3 is 0 Å². The number of guanidine groups is 1.